The zero-order valence-corrected chi connectivity index (χ0v) is 4.89. The second-order valence-electron chi connectivity index (χ2n) is 1.53. The topological polar surface area (TPSA) is 29.9 Å². The van der Waals surface area contributed by atoms with E-state index in [1.165, 1.54) is 0 Å². The summed E-state index contributed by atoms with van der Waals surface area (Å²) in [5.41, 5.74) is 0. The molecule has 0 aliphatic carbocycles. The van der Waals surface area contributed by atoms with Gasteiger partial charge in [0.2, 0.25) is 0 Å². The van der Waals surface area contributed by atoms with E-state index in [1.807, 2.05) is 25.3 Å². The van der Waals surface area contributed by atoms with Crippen LogP contribution in [0.15, 0.2) is 18.3 Å². The third-order valence-corrected chi connectivity index (χ3v) is 0.910. The van der Waals surface area contributed by atoms with Crippen LogP contribution in [0.3, 0.4) is 0 Å². The van der Waals surface area contributed by atoms with E-state index in [9.17, 15) is 0 Å². The fourth-order valence-corrected chi connectivity index (χ4v) is 0.590. The number of H-pyrrole nitrogens is 1. The third-order valence-electron chi connectivity index (χ3n) is 0.910. The maximum atomic E-state index is 4.11. The molecular weight excluding hydrogens is 100 g/mol. The number of aromatic nitrogens is 1. The van der Waals surface area contributed by atoms with Crippen LogP contribution in [0, 0.1) is 0 Å². The largest absolute Gasteiger partial charge is 0.347 e. The lowest BCUT2D eigenvalue weighted by Gasteiger charge is -1.90. The zero-order chi connectivity index (χ0) is 5.82. The Morgan fingerprint density at radius 2 is 2.62 bits per heavy atom. The maximum Gasteiger partial charge on any atom is 0.124 e. The summed E-state index contributed by atoms with van der Waals surface area (Å²) in [5.74, 6) is 0.965. The van der Waals surface area contributed by atoms with Gasteiger partial charge in [-0.2, -0.15) is 0 Å². The molecule has 43 valence electrons. The highest BCUT2D eigenvalue weighted by molar-refractivity contribution is 5.24. The van der Waals surface area contributed by atoms with Crippen molar-refractivity contribution in [2.75, 3.05) is 6.54 Å². The van der Waals surface area contributed by atoms with Crippen molar-refractivity contribution < 1.29 is 0 Å². The number of rotatable bonds is 2. The summed E-state index contributed by atoms with van der Waals surface area (Å²) in [5, 5.41) is 4.11. The minimum absolute atomic E-state index is 0.848. The van der Waals surface area contributed by atoms with E-state index in [2.05, 4.69) is 10.3 Å². The van der Waals surface area contributed by atoms with Crippen LogP contribution in [0.5, 0.6) is 0 Å². The van der Waals surface area contributed by atoms with Gasteiger partial charge in [-0.3, -0.25) is 5.32 Å². The van der Waals surface area contributed by atoms with Crippen molar-refractivity contribution in [2.24, 2.45) is 0 Å². The molecule has 1 heterocycles. The van der Waals surface area contributed by atoms with Crippen LogP contribution in [0.1, 0.15) is 6.92 Å². The van der Waals surface area contributed by atoms with Gasteiger partial charge in [-0.15, -0.1) is 0 Å². The maximum absolute atomic E-state index is 4.11. The molecule has 0 saturated carbocycles. The van der Waals surface area contributed by atoms with Gasteiger partial charge in [0.05, 0.1) is 0 Å². The van der Waals surface area contributed by atoms with Gasteiger partial charge in [-0.25, -0.2) is 0 Å². The van der Waals surface area contributed by atoms with Gasteiger partial charge in [-0.05, 0) is 19.1 Å². The Hall–Kier alpha value is -0.920. The van der Waals surface area contributed by atoms with Crippen LogP contribution >= 0.6 is 0 Å². The quantitative estimate of drug-likeness (QED) is 0.592. The molecule has 1 aromatic rings. The third kappa shape index (κ3) is 1.03. The highest BCUT2D eigenvalue weighted by Gasteiger charge is 1.85. The number of nitrogens with zero attached hydrogens (tertiary/aromatic N) is 1. The van der Waals surface area contributed by atoms with Gasteiger partial charge in [0, 0.05) is 12.7 Å². The summed E-state index contributed by atoms with van der Waals surface area (Å²) < 4.78 is 0. The lowest BCUT2D eigenvalue weighted by atomic mass is 10.6. The number of hydrogen-bond acceptors (Lipinski definition) is 0. The molecule has 0 atom stereocenters. The monoisotopic (exact) mass is 109 g/mol. The van der Waals surface area contributed by atoms with Crippen LogP contribution < -0.4 is 5.32 Å². The molecule has 0 bridgehead atoms. The van der Waals surface area contributed by atoms with Crippen molar-refractivity contribution in [2.45, 2.75) is 6.92 Å². The van der Waals surface area contributed by atoms with Crippen LogP contribution in [0.4, 0.5) is 5.82 Å². The van der Waals surface area contributed by atoms with Crippen LogP contribution in [-0.4, -0.2) is 11.5 Å². The summed E-state index contributed by atoms with van der Waals surface area (Å²) in [6.07, 6.45) is 1.87. The molecule has 0 aromatic carbocycles. The van der Waals surface area contributed by atoms with Crippen molar-refractivity contribution >= 4 is 5.82 Å². The number of aromatic amines is 1. The summed E-state index contributed by atoms with van der Waals surface area (Å²) in [6, 6.07) is 3.89. The molecule has 0 amide bonds. The lowest BCUT2D eigenvalue weighted by Crippen LogP contribution is -1.93. The molecule has 0 unspecified atom stereocenters. The fourth-order valence-electron chi connectivity index (χ4n) is 0.590. The fraction of sp³-hybridized carbons (Fsp3) is 0.333. The predicted octanol–water partition coefficient (Wildman–Crippen LogP) is 1.27. The minimum atomic E-state index is 0.848. The first kappa shape index (κ1) is 5.22. The first-order valence-corrected chi connectivity index (χ1v) is 2.74. The molecule has 0 aliphatic heterocycles. The Kier molecular flexibility index (Phi) is 1.57. The SMILES string of the molecule is CC[N]c1ccc[nH]1. The van der Waals surface area contributed by atoms with E-state index >= 15 is 0 Å². The summed E-state index contributed by atoms with van der Waals surface area (Å²) in [6.45, 7) is 2.86. The molecule has 1 aromatic heterocycles. The van der Waals surface area contributed by atoms with E-state index in [-0.39, 0.29) is 0 Å². The standard InChI is InChI=1S/C6H9N2/c1-2-7-6-4-3-5-8-6/h3-5,8H,2H2,1H3. The normalized spacial score (nSPS) is 9.12. The van der Waals surface area contributed by atoms with Crippen molar-refractivity contribution in [1.29, 1.82) is 0 Å². The predicted molar refractivity (Wildman–Crippen MR) is 33.1 cm³/mol. The molecule has 1 N–H and O–H groups in total. The summed E-state index contributed by atoms with van der Waals surface area (Å²) in [4.78, 5) is 2.97. The van der Waals surface area contributed by atoms with Gasteiger partial charge in [0.15, 0.2) is 0 Å². The van der Waals surface area contributed by atoms with Gasteiger partial charge in [-0.1, -0.05) is 0 Å². The minimum Gasteiger partial charge on any atom is -0.347 e. The van der Waals surface area contributed by atoms with Crippen LogP contribution in [0.2, 0.25) is 0 Å². The zero-order valence-electron chi connectivity index (χ0n) is 4.89. The van der Waals surface area contributed by atoms with E-state index in [1.54, 1.807) is 0 Å². The number of hydrogen-bond donors (Lipinski definition) is 1. The van der Waals surface area contributed by atoms with Crippen LogP contribution in [-0.2, 0) is 0 Å². The van der Waals surface area contributed by atoms with Crippen LogP contribution in [0.25, 0.3) is 0 Å². The molecule has 1 radical (unpaired) electrons. The summed E-state index contributed by atoms with van der Waals surface area (Å²) >= 11 is 0. The molecule has 0 spiro atoms. The van der Waals surface area contributed by atoms with Gasteiger partial charge >= 0.3 is 0 Å². The Balaban J connectivity index is 2.50. The Morgan fingerprint density at radius 1 is 1.75 bits per heavy atom. The molecular formula is C6H9N2. The first-order valence-electron chi connectivity index (χ1n) is 2.74. The second-order valence-corrected chi connectivity index (χ2v) is 1.53. The molecule has 0 aliphatic rings. The van der Waals surface area contributed by atoms with E-state index in [0.29, 0.717) is 0 Å². The molecule has 2 heteroatoms. The van der Waals surface area contributed by atoms with Gasteiger partial charge < -0.3 is 4.98 Å². The average molecular weight is 109 g/mol. The Bertz CT molecular complexity index is 132. The van der Waals surface area contributed by atoms with Crippen molar-refractivity contribution in [1.82, 2.24) is 10.3 Å². The van der Waals surface area contributed by atoms with E-state index in [4.69, 9.17) is 0 Å². The molecule has 2 nitrogen and oxygen atoms in total. The lowest BCUT2D eigenvalue weighted by molar-refractivity contribution is 0.890. The van der Waals surface area contributed by atoms with Crippen molar-refractivity contribution in [3.63, 3.8) is 0 Å². The number of nitrogens with one attached hydrogen (secondary N) is 1. The van der Waals surface area contributed by atoms with Gasteiger partial charge in [0.25, 0.3) is 0 Å². The first-order chi connectivity index (χ1) is 3.93. The molecule has 0 fully saturated rings. The van der Waals surface area contributed by atoms with E-state index in [0.717, 1.165) is 12.4 Å². The highest BCUT2D eigenvalue weighted by atomic mass is 15.0. The summed E-state index contributed by atoms with van der Waals surface area (Å²) in [7, 11) is 0. The van der Waals surface area contributed by atoms with Crippen molar-refractivity contribution in [3.05, 3.63) is 18.3 Å². The molecule has 0 saturated heterocycles. The Morgan fingerprint density at radius 3 is 3.12 bits per heavy atom. The molecule has 8 heavy (non-hydrogen) atoms. The van der Waals surface area contributed by atoms with E-state index < -0.39 is 0 Å². The molecule has 1 rings (SSSR count). The smallest absolute Gasteiger partial charge is 0.124 e. The van der Waals surface area contributed by atoms with Crippen molar-refractivity contribution in [3.8, 4) is 0 Å². The second kappa shape index (κ2) is 2.40. The highest BCUT2D eigenvalue weighted by Crippen LogP contribution is 1.98. The van der Waals surface area contributed by atoms with Gasteiger partial charge in [0.1, 0.15) is 5.82 Å². The average Bonchev–Trinajstić information content (AvgIpc) is 2.19. The Labute approximate surface area is 48.9 Å².